The van der Waals surface area contributed by atoms with Crippen LogP contribution in [0.1, 0.15) is 24.5 Å². The molecule has 21 heavy (non-hydrogen) atoms. The van der Waals surface area contributed by atoms with Crippen molar-refractivity contribution < 1.29 is 9.84 Å². The summed E-state index contributed by atoms with van der Waals surface area (Å²) >= 11 is 2.08. The summed E-state index contributed by atoms with van der Waals surface area (Å²) in [7, 11) is 1.71. The van der Waals surface area contributed by atoms with Crippen LogP contribution in [0.3, 0.4) is 0 Å². The summed E-state index contributed by atoms with van der Waals surface area (Å²) in [6, 6.07) is 5.98. The molecule has 1 atom stereocenters. The maximum absolute atomic E-state index is 8.81. The molecule has 2 rings (SSSR count). The molecule has 1 fully saturated rings. The molecule has 1 saturated heterocycles. The maximum atomic E-state index is 8.81. The molecule has 0 radical (unpaired) electrons. The van der Waals surface area contributed by atoms with Crippen LogP contribution in [0.25, 0.3) is 0 Å². The normalized spacial score (nSPS) is 18.9. The van der Waals surface area contributed by atoms with Crippen LogP contribution in [0.4, 0.5) is 0 Å². The van der Waals surface area contributed by atoms with Gasteiger partial charge in [-0.05, 0) is 24.6 Å². The van der Waals surface area contributed by atoms with Gasteiger partial charge in [0.1, 0.15) is 12.4 Å². The van der Waals surface area contributed by atoms with Gasteiger partial charge in [-0.1, -0.05) is 18.8 Å². The van der Waals surface area contributed by atoms with Crippen molar-refractivity contribution in [1.29, 1.82) is 0 Å². The Morgan fingerprint density at radius 1 is 1.48 bits per heavy atom. The molecule has 0 spiro atoms. The highest BCUT2D eigenvalue weighted by Crippen LogP contribution is 2.26. The van der Waals surface area contributed by atoms with Crippen molar-refractivity contribution in [3.05, 3.63) is 29.3 Å². The number of hydrogen-bond acceptors (Lipinski definition) is 4. The monoisotopic (exact) mass is 305 g/mol. The highest BCUT2D eigenvalue weighted by molar-refractivity contribution is 8.00. The number of thioether (sulfide) groups is 1. The molecule has 0 bridgehead atoms. The lowest BCUT2D eigenvalue weighted by atomic mass is 10.1. The van der Waals surface area contributed by atoms with Gasteiger partial charge >= 0.3 is 0 Å². The summed E-state index contributed by atoms with van der Waals surface area (Å²) in [5.74, 6) is 7.77. The number of ether oxygens (including phenoxy) is 1. The van der Waals surface area contributed by atoms with E-state index in [1.165, 1.54) is 17.7 Å². The average Bonchev–Trinajstić information content (AvgIpc) is 2.53. The fourth-order valence-corrected chi connectivity index (χ4v) is 3.78. The first-order valence-electron chi connectivity index (χ1n) is 7.37. The molecule has 1 aromatic rings. The minimum atomic E-state index is -0.108. The minimum absolute atomic E-state index is 0.108. The lowest BCUT2D eigenvalue weighted by molar-refractivity contribution is 0.268. The molecule has 1 unspecified atom stereocenters. The number of hydrogen-bond donors (Lipinski definition) is 1. The van der Waals surface area contributed by atoms with E-state index in [2.05, 4.69) is 41.5 Å². The lowest BCUT2D eigenvalue weighted by Crippen LogP contribution is -2.37. The van der Waals surface area contributed by atoms with E-state index in [0.717, 1.165) is 36.2 Å². The molecule has 1 N–H and O–H groups in total. The highest BCUT2D eigenvalue weighted by atomic mass is 32.2. The third-order valence-corrected chi connectivity index (χ3v) is 5.04. The molecular formula is C17H23NO2S. The van der Waals surface area contributed by atoms with E-state index in [-0.39, 0.29) is 6.61 Å². The maximum Gasteiger partial charge on any atom is 0.123 e. The molecule has 4 heteroatoms. The summed E-state index contributed by atoms with van der Waals surface area (Å²) < 4.78 is 5.47. The standard InChI is InChI=1S/C17H23NO2S/c1-3-16-13-18(8-10-21-16)12-15-11-14(5-4-9-19)6-7-17(15)20-2/h6-7,11,16,19H,3,8-10,12-13H2,1-2H3. The summed E-state index contributed by atoms with van der Waals surface area (Å²) in [5.41, 5.74) is 2.10. The average molecular weight is 305 g/mol. The van der Waals surface area contributed by atoms with Crippen molar-refractivity contribution in [2.75, 3.05) is 32.6 Å². The number of aliphatic hydroxyl groups excluding tert-OH is 1. The van der Waals surface area contributed by atoms with Crippen LogP contribution in [0.5, 0.6) is 5.75 Å². The number of nitrogens with zero attached hydrogens (tertiary/aromatic N) is 1. The van der Waals surface area contributed by atoms with Gasteiger partial charge in [-0.25, -0.2) is 0 Å². The predicted molar refractivity (Wildman–Crippen MR) is 88.8 cm³/mol. The van der Waals surface area contributed by atoms with Crippen LogP contribution < -0.4 is 4.74 Å². The van der Waals surface area contributed by atoms with Crippen molar-refractivity contribution in [3.8, 4) is 17.6 Å². The van der Waals surface area contributed by atoms with Crippen LogP contribution in [0, 0.1) is 11.8 Å². The fourth-order valence-electron chi connectivity index (χ4n) is 2.53. The second kappa shape index (κ2) is 8.33. The molecule has 0 saturated carbocycles. The van der Waals surface area contributed by atoms with E-state index in [4.69, 9.17) is 9.84 Å². The Kier molecular flexibility index (Phi) is 6.44. The minimum Gasteiger partial charge on any atom is -0.496 e. The first-order chi connectivity index (χ1) is 10.3. The lowest BCUT2D eigenvalue weighted by Gasteiger charge is -2.32. The summed E-state index contributed by atoms with van der Waals surface area (Å²) in [5, 5.41) is 9.54. The van der Waals surface area contributed by atoms with Gasteiger partial charge in [-0.2, -0.15) is 11.8 Å². The van der Waals surface area contributed by atoms with Gasteiger partial charge in [-0.3, -0.25) is 4.90 Å². The molecule has 0 aliphatic carbocycles. The number of methoxy groups -OCH3 is 1. The Hall–Kier alpha value is -1.15. The van der Waals surface area contributed by atoms with Gasteiger partial charge in [0.05, 0.1) is 7.11 Å². The molecule has 0 aromatic heterocycles. The first kappa shape index (κ1) is 16.2. The van der Waals surface area contributed by atoms with Gasteiger partial charge in [0.15, 0.2) is 0 Å². The van der Waals surface area contributed by atoms with Gasteiger partial charge in [0, 0.05) is 41.8 Å². The van der Waals surface area contributed by atoms with Crippen LogP contribution in [0.2, 0.25) is 0 Å². The second-order valence-corrected chi connectivity index (χ2v) is 6.53. The second-order valence-electron chi connectivity index (χ2n) is 5.12. The Balaban J connectivity index is 2.13. The Bertz CT molecular complexity index is 521. The van der Waals surface area contributed by atoms with Gasteiger partial charge < -0.3 is 9.84 Å². The molecule has 0 amide bonds. The van der Waals surface area contributed by atoms with Crippen LogP contribution in [0.15, 0.2) is 18.2 Å². The van der Waals surface area contributed by atoms with Gasteiger partial charge in [0.25, 0.3) is 0 Å². The van der Waals surface area contributed by atoms with E-state index in [1.54, 1.807) is 7.11 Å². The molecule has 1 aliphatic heterocycles. The number of rotatable bonds is 4. The van der Waals surface area contributed by atoms with Crippen LogP contribution in [-0.2, 0) is 6.54 Å². The first-order valence-corrected chi connectivity index (χ1v) is 8.42. The summed E-state index contributed by atoms with van der Waals surface area (Å²) in [4.78, 5) is 2.49. The smallest absolute Gasteiger partial charge is 0.123 e. The van der Waals surface area contributed by atoms with Crippen molar-refractivity contribution in [2.45, 2.75) is 25.1 Å². The van der Waals surface area contributed by atoms with Crippen LogP contribution in [-0.4, -0.2) is 47.8 Å². The molecule has 114 valence electrons. The van der Waals surface area contributed by atoms with E-state index in [0.29, 0.717) is 0 Å². The Morgan fingerprint density at radius 2 is 2.33 bits per heavy atom. The zero-order chi connectivity index (χ0) is 15.1. The molecule has 1 heterocycles. The largest absolute Gasteiger partial charge is 0.496 e. The van der Waals surface area contributed by atoms with Crippen molar-refractivity contribution >= 4 is 11.8 Å². The van der Waals surface area contributed by atoms with E-state index in [1.807, 2.05) is 12.1 Å². The SMILES string of the molecule is CCC1CN(Cc2cc(C#CCO)ccc2OC)CCS1. The van der Waals surface area contributed by atoms with Crippen molar-refractivity contribution in [2.24, 2.45) is 0 Å². The van der Waals surface area contributed by atoms with Crippen molar-refractivity contribution in [1.82, 2.24) is 4.90 Å². The van der Waals surface area contributed by atoms with Gasteiger partial charge in [-0.15, -0.1) is 0 Å². The number of aliphatic hydroxyl groups is 1. The number of benzene rings is 1. The predicted octanol–water partition coefficient (Wildman–Crippen LogP) is 2.37. The zero-order valence-electron chi connectivity index (χ0n) is 12.8. The third-order valence-electron chi connectivity index (χ3n) is 3.66. The molecular weight excluding hydrogens is 282 g/mol. The van der Waals surface area contributed by atoms with Gasteiger partial charge in [0.2, 0.25) is 0 Å². The molecule has 1 aliphatic rings. The zero-order valence-corrected chi connectivity index (χ0v) is 13.6. The van der Waals surface area contributed by atoms with E-state index >= 15 is 0 Å². The summed E-state index contributed by atoms with van der Waals surface area (Å²) in [6.45, 7) is 5.30. The highest BCUT2D eigenvalue weighted by Gasteiger charge is 2.20. The summed E-state index contributed by atoms with van der Waals surface area (Å²) in [6.07, 6.45) is 1.22. The van der Waals surface area contributed by atoms with E-state index < -0.39 is 0 Å². The van der Waals surface area contributed by atoms with E-state index in [9.17, 15) is 0 Å². The quantitative estimate of drug-likeness (QED) is 0.866. The Morgan fingerprint density at radius 3 is 3.05 bits per heavy atom. The fraction of sp³-hybridized carbons (Fsp3) is 0.529. The van der Waals surface area contributed by atoms with Crippen LogP contribution >= 0.6 is 11.8 Å². The molecule has 1 aromatic carbocycles. The Labute approximate surface area is 131 Å². The van der Waals surface area contributed by atoms with Crippen molar-refractivity contribution in [3.63, 3.8) is 0 Å². The molecule has 3 nitrogen and oxygen atoms in total. The third kappa shape index (κ3) is 4.67. The topological polar surface area (TPSA) is 32.7 Å².